The highest BCUT2D eigenvalue weighted by atomic mass is 32.1. The van der Waals surface area contributed by atoms with E-state index in [1.807, 2.05) is 31.2 Å². The molecular formula is C14H20N2O2S. The minimum absolute atomic E-state index is 0.0399. The van der Waals surface area contributed by atoms with Gasteiger partial charge in [-0.1, -0.05) is 36.5 Å². The second kappa shape index (κ2) is 8.61. The van der Waals surface area contributed by atoms with Crippen molar-refractivity contribution in [3.8, 4) is 0 Å². The first kappa shape index (κ1) is 15.6. The highest BCUT2D eigenvalue weighted by Gasteiger charge is 2.02. The Hall–Kier alpha value is -1.46. The van der Waals surface area contributed by atoms with Crippen LogP contribution in [0.25, 0.3) is 0 Å². The monoisotopic (exact) mass is 280 g/mol. The molecule has 0 radical (unpaired) electrons. The Labute approximate surface area is 119 Å². The molecule has 0 saturated heterocycles. The van der Waals surface area contributed by atoms with Crippen LogP contribution in [0.2, 0.25) is 0 Å². The first-order chi connectivity index (χ1) is 9.13. The van der Waals surface area contributed by atoms with Crippen molar-refractivity contribution in [2.24, 2.45) is 5.73 Å². The maximum atomic E-state index is 11.5. The molecule has 0 atom stereocenters. The molecule has 4 nitrogen and oxygen atoms in total. The molecule has 19 heavy (non-hydrogen) atoms. The van der Waals surface area contributed by atoms with E-state index >= 15 is 0 Å². The van der Waals surface area contributed by atoms with Crippen LogP contribution in [0.3, 0.4) is 0 Å². The van der Waals surface area contributed by atoms with E-state index in [4.69, 9.17) is 22.7 Å². The normalized spacial score (nSPS) is 10.2. The van der Waals surface area contributed by atoms with Gasteiger partial charge in [0, 0.05) is 31.7 Å². The minimum atomic E-state index is 0.0399. The number of carbonyl (C=O) groups excluding carboxylic acids is 1. The molecular weight excluding hydrogens is 260 g/mol. The number of nitrogens with one attached hydrogen (secondary N) is 1. The Bertz CT molecular complexity index is 418. The number of ether oxygens (including phenoxy) is 1. The van der Waals surface area contributed by atoms with E-state index in [0.717, 1.165) is 17.5 Å². The Morgan fingerprint density at radius 2 is 2.05 bits per heavy atom. The van der Waals surface area contributed by atoms with Crippen LogP contribution >= 0.6 is 12.2 Å². The van der Waals surface area contributed by atoms with Crippen LogP contribution in [0.4, 0.5) is 0 Å². The van der Waals surface area contributed by atoms with Gasteiger partial charge >= 0.3 is 0 Å². The number of benzene rings is 1. The topological polar surface area (TPSA) is 64.3 Å². The molecule has 1 amide bonds. The lowest BCUT2D eigenvalue weighted by Crippen LogP contribution is -2.22. The molecule has 0 aliphatic rings. The number of nitrogens with two attached hydrogens (primary N) is 1. The Morgan fingerprint density at radius 3 is 2.63 bits per heavy atom. The first-order valence-corrected chi connectivity index (χ1v) is 6.77. The number of hydrogen-bond donors (Lipinski definition) is 2. The van der Waals surface area contributed by atoms with Crippen molar-refractivity contribution in [2.75, 3.05) is 13.2 Å². The molecule has 0 fully saturated rings. The van der Waals surface area contributed by atoms with E-state index in [1.54, 1.807) is 0 Å². The predicted octanol–water partition coefficient (Wildman–Crippen LogP) is 1.75. The molecule has 0 bridgehead atoms. The maximum Gasteiger partial charge on any atom is 0.220 e. The van der Waals surface area contributed by atoms with Crippen LogP contribution in [0, 0.1) is 0 Å². The van der Waals surface area contributed by atoms with Crippen LogP contribution in [-0.2, 0) is 16.1 Å². The largest absolute Gasteiger partial charge is 0.389 e. The second-order valence-electron chi connectivity index (χ2n) is 4.14. The summed E-state index contributed by atoms with van der Waals surface area (Å²) >= 11 is 4.88. The summed E-state index contributed by atoms with van der Waals surface area (Å²) in [6, 6.07) is 7.54. The molecule has 0 spiro atoms. The van der Waals surface area contributed by atoms with Gasteiger partial charge in [-0.25, -0.2) is 0 Å². The zero-order valence-electron chi connectivity index (χ0n) is 11.1. The molecule has 0 heterocycles. The summed E-state index contributed by atoms with van der Waals surface area (Å²) in [4.78, 5) is 11.9. The summed E-state index contributed by atoms with van der Waals surface area (Å²) in [7, 11) is 0. The third kappa shape index (κ3) is 6.31. The molecule has 0 aliphatic heterocycles. The Kier molecular flexibility index (Phi) is 7.07. The molecule has 0 aromatic heterocycles. The second-order valence-corrected chi connectivity index (χ2v) is 4.58. The van der Waals surface area contributed by atoms with Crippen molar-refractivity contribution < 1.29 is 9.53 Å². The quantitative estimate of drug-likeness (QED) is 0.562. The lowest BCUT2D eigenvalue weighted by Gasteiger charge is -2.06. The van der Waals surface area contributed by atoms with Gasteiger partial charge < -0.3 is 15.8 Å². The average molecular weight is 280 g/mol. The third-order valence-electron chi connectivity index (χ3n) is 2.62. The average Bonchev–Trinajstić information content (AvgIpc) is 2.42. The van der Waals surface area contributed by atoms with Crippen LogP contribution in [0.1, 0.15) is 30.9 Å². The van der Waals surface area contributed by atoms with Crippen LogP contribution in [0.5, 0.6) is 0 Å². The summed E-state index contributed by atoms with van der Waals surface area (Å²) in [6.45, 7) is 3.78. The molecule has 0 saturated carbocycles. The van der Waals surface area contributed by atoms with Crippen molar-refractivity contribution in [1.82, 2.24) is 5.32 Å². The van der Waals surface area contributed by atoms with Crippen molar-refractivity contribution in [3.63, 3.8) is 0 Å². The zero-order valence-corrected chi connectivity index (χ0v) is 12.0. The van der Waals surface area contributed by atoms with Crippen LogP contribution in [-0.4, -0.2) is 24.1 Å². The highest BCUT2D eigenvalue weighted by Crippen LogP contribution is 2.04. The van der Waals surface area contributed by atoms with E-state index < -0.39 is 0 Å². The standard InChI is InChI=1S/C14H20N2O2S/c1-2-18-9-3-4-13(17)16-10-11-5-7-12(8-6-11)14(15)19/h5-8H,2-4,9-10H2,1H3,(H2,15,19)(H,16,17). The summed E-state index contributed by atoms with van der Waals surface area (Å²) in [5.41, 5.74) is 7.38. The van der Waals surface area contributed by atoms with Gasteiger partial charge in [-0.2, -0.15) is 0 Å². The smallest absolute Gasteiger partial charge is 0.220 e. The van der Waals surface area contributed by atoms with E-state index in [9.17, 15) is 4.79 Å². The minimum Gasteiger partial charge on any atom is -0.389 e. The van der Waals surface area contributed by atoms with Crippen molar-refractivity contribution in [1.29, 1.82) is 0 Å². The Balaban J connectivity index is 2.28. The highest BCUT2D eigenvalue weighted by molar-refractivity contribution is 7.80. The van der Waals surface area contributed by atoms with Gasteiger partial charge in [0.2, 0.25) is 5.91 Å². The van der Waals surface area contributed by atoms with Gasteiger partial charge in [0.1, 0.15) is 4.99 Å². The SMILES string of the molecule is CCOCCCC(=O)NCc1ccc(C(N)=S)cc1. The molecule has 104 valence electrons. The number of hydrogen-bond acceptors (Lipinski definition) is 3. The van der Waals surface area contributed by atoms with Gasteiger partial charge in [-0.15, -0.1) is 0 Å². The van der Waals surface area contributed by atoms with Gasteiger partial charge in [0.25, 0.3) is 0 Å². The number of amides is 1. The predicted molar refractivity (Wildman–Crippen MR) is 79.9 cm³/mol. The molecule has 1 aromatic rings. The van der Waals surface area contributed by atoms with Gasteiger partial charge in [0.15, 0.2) is 0 Å². The van der Waals surface area contributed by atoms with E-state index in [2.05, 4.69) is 5.32 Å². The van der Waals surface area contributed by atoms with Gasteiger partial charge in [-0.05, 0) is 18.9 Å². The summed E-state index contributed by atoms with van der Waals surface area (Å²) < 4.78 is 5.18. The van der Waals surface area contributed by atoms with Crippen molar-refractivity contribution in [3.05, 3.63) is 35.4 Å². The molecule has 0 unspecified atom stereocenters. The van der Waals surface area contributed by atoms with Crippen molar-refractivity contribution >= 4 is 23.1 Å². The number of carbonyl (C=O) groups is 1. The lowest BCUT2D eigenvalue weighted by molar-refractivity contribution is -0.121. The fourth-order valence-corrected chi connectivity index (χ4v) is 1.69. The fourth-order valence-electron chi connectivity index (χ4n) is 1.56. The number of rotatable bonds is 8. The molecule has 3 N–H and O–H groups in total. The third-order valence-corrected chi connectivity index (χ3v) is 2.86. The van der Waals surface area contributed by atoms with E-state index in [1.165, 1.54) is 0 Å². The van der Waals surface area contributed by atoms with Gasteiger partial charge in [-0.3, -0.25) is 4.79 Å². The lowest BCUT2D eigenvalue weighted by atomic mass is 10.1. The molecule has 1 rings (SSSR count). The summed E-state index contributed by atoms with van der Waals surface area (Å²) in [5, 5.41) is 2.87. The maximum absolute atomic E-state index is 11.5. The van der Waals surface area contributed by atoms with E-state index in [-0.39, 0.29) is 5.91 Å². The molecule has 0 aliphatic carbocycles. The molecule has 1 aromatic carbocycles. The first-order valence-electron chi connectivity index (χ1n) is 6.36. The summed E-state index contributed by atoms with van der Waals surface area (Å²) in [6.07, 6.45) is 1.24. The van der Waals surface area contributed by atoms with Crippen LogP contribution < -0.4 is 11.1 Å². The van der Waals surface area contributed by atoms with Crippen molar-refractivity contribution in [2.45, 2.75) is 26.3 Å². The zero-order chi connectivity index (χ0) is 14.1. The number of thiocarbonyl (C=S) groups is 1. The Morgan fingerprint density at radius 1 is 1.37 bits per heavy atom. The summed E-state index contributed by atoms with van der Waals surface area (Å²) in [5.74, 6) is 0.0399. The van der Waals surface area contributed by atoms with Gasteiger partial charge in [0.05, 0.1) is 0 Å². The van der Waals surface area contributed by atoms with Crippen LogP contribution in [0.15, 0.2) is 24.3 Å². The fraction of sp³-hybridized carbons (Fsp3) is 0.429. The van der Waals surface area contributed by atoms with E-state index in [0.29, 0.717) is 31.2 Å². The molecule has 5 heteroatoms.